The van der Waals surface area contributed by atoms with E-state index < -0.39 is 61.0 Å². The molecule has 3 aromatic carbocycles. The molecule has 0 amide bonds. The number of benzene rings is 3. The molecule has 0 bridgehead atoms. The number of aliphatic imine (C=N–C) groups is 1. The molecular formula is C39H37N3O13. The van der Waals surface area contributed by atoms with Crippen LogP contribution in [-0.2, 0) is 23.9 Å². The number of nitrogens with zero attached hydrogens (tertiary/aromatic N) is 1. The number of nitrogens with one attached hydrogen (secondary N) is 2. The fourth-order valence-electron chi connectivity index (χ4n) is 6.91. The standard InChI is InChI=1S/C39H37N3O13/c1-18-12-19(2)14-22(13-18)30-28-21(10-11-41-28)16-42(30)55-35-33(46)32(45)34(38(50)54-37(49)29(40-3)36(47)48)53-39(35)52-24-8-9-25-27(15-24)51-17-26(31(25)44)20-4-6-23(43)7-5-20/h4-17,29-30,32-35,38-40,43,45-46,50H,1-3H3,(H,47,48)/t29-,30?,32-,33-,34-,35-,38+,39+/m1/s1. The molecule has 0 saturated carbocycles. The molecule has 7 rings (SSSR count). The van der Waals surface area contributed by atoms with Gasteiger partial charge in [-0.1, -0.05) is 29.3 Å². The maximum absolute atomic E-state index is 13.4. The van der Waals surface area contributed by atoms with Gasteiger partial charge in [-0.2, -0.15) is 9.90 Å². The maximum atomic E-state index is 13.4. The van der Waals surface area contributed by atoms with Crippen LogP contribution in [0, 0.1) is 13.8 Å². The number of aliphatic hydroxyl groups excluding tert-OH is 3. The number of carboxylic acids is 1. The number of carbonyl (C=O) groups is 2. The number of phenolic OH excluding ortho intramolecular Hbond substituents is 1. The molecular weight excluding hydrogens is 718 g/mol. The Labute approximate surface area is 312 Å². The number of rotatable bonds is 11. The summed E-state index contributed by atoms with van der Waals surface area (Å²) in [5.74, 6) is -3.19. The van der Waals surface area contributed by atoms with E-state index in [2.05, 4.69) is 10.3 Å². The van der Waals surface area contributed by atoms with E-state index in [9.17, 15) is 39.9 Å². The van der Waals surface area contributed by atoms with Crippen LogP contribution in [0.3, 0.4) is 0 Å². The maximum Gasteiger partial charge on any atom is 0.331 e. The summed E-state index contributed by atoms with van der Waals surface area (Å²) in [6, 6.07) is 13.8. The number of phenols is 1. The number of aliphatic hydroxyl groups is 3. The van der Waals surface area contributed by atoms with Gasteiger partial charge >= 0.3 is 5.97 Å². The SMILES string of the molecule is CN[C@H](C(=O)[O-])C(=O)O[C@H](O)[C@@H]1O[C@H](Oc2ccc3c(=O)c(-c4ccc(O)cc4)coc3c2)[C@H](O[NH+]2C=C3C=CN=C3C2c2cc(C)cc(C)c2)[C@H](O)[C@H]1O. The molecule has 9 atom stereocenters. The summed E-state index contributed by atoms with van der Waals surface area (Å²) < 4.78 is 22.9. The van der Waals surface area contributed by atoms with Gasteiger partial charge in [0.05, 0.1) is 22.5 Å². The Morgan fingerprint density at radius 2 is 1.75 bits per heavy atom. The molecule has 4 heterocycles. The number of fused-ring (bicyclic) bond motifs is 2. The lowest BCUT2D eigenvalue weighted by molar-refractivity contribution is -1.07. The van der Waals surface area contributed by atoms with Gasteiger partial charge in [0.1, 0.15) is 53.5 Å². The van der Waals surface area contributed by atoms with Gasteiger partial charge in [0.2, 0.25) is 18.7 Å². The van der Waals surface area contributed by atoms with E-state index in [0.29, 0.717) is 16.3 Å². The van der Waals surface area contributed by atoms with Crippen LogP contribution in [0.1, 0.15) is 22.7 Å². The fraction of sp³-hybridized carbons (Fsp3) is 0.282. The summed E-state index contributed by atoms with van der Waals surface area (Å²) in [5, 5.41) is 57.5. The molecule has 0 spiro atoms. The van der Waals surface area contributed by atoms with E-state index in [4.69, 9.17) is 23.5 Å². The summed E-state index contributed by atoms with van der Waals surface area (Å²) in [7, 11) is 1.16. The van der Waals surface area contributed by atoms with Crippen molar-refractivity contribution in [2.75, 3.05) is 7.05 Å². The number of aryl methyl sites for hydroxylation is 2. The lowest BCUT2D eigenvalue weighted by Crippen LogP contribution is -3.07. The van der Waals surface area contributed by atoms with Gasteiger partial charge in [0, 0.05) is 17.8 Å². The zero-order chi connectivity index (χ0) is 39.1. The quantitative estimate of drug-likeness (QED) is 0.0650. The fourth-order valence-corrected chi connectivity index (χ4v) is 6.91. The van der Waals surface area contributed by atoms with Gasteiger partial charge in [-0.15, -0.1) is 0 Å². The first-order valence-electron chi connectivity index (χ1n) is 17.2. The van der Waals surface area contributed by atoms with E-state index in [-0.39, 0.29) is 33.5 Å². The van der Waals surface area contributed by atoms with Crippen molar-refractivity contribution in [3.8, 4) is 22.6 Å². The summed E-state index contributed by atoms with van der Waals surface area (Å²) in [6.45, 7) is 3.91. The minimum atomic E-state index is -2.30. The van der Waals surface area contributed by atoms with Gasteiger partial charge in [0.25, 0.3) is 0 Å². The summed E-state index contributed by atoms with van der Waals surface area (Å²) in [6.07, 6.45) is -4.62. The molecule has 3 aliphatic rings. The third kappa shape index (κ3) is 7.39. The highest BCUT2D eigenvalue weighted by Crippen LogP contribution is 2.32. The Morgan fingerprint density at radius 1 is 1.02 bits per heavy atom. The minimum Gasteiger partial charge on any atom is -0.548 e. The normalized spacial score (nSPS) is 25.5. The lowest BCUT2D eigenvalue weighted by atomic mass is 9.97. The van der Waals surface area contributed by atoms with Gasteiger partial charge < -0.3 is 54.3 Å². The van der Waals surface area contributed by atoms with E-state index in [1.807, 2.05) is 32.0 Å². The predicted octanol–water partition coefficient (Wildman–Crippen LogP) is -0.400. The van der Waals surface area contributed by atoms with Crippen molar-refractivity contribution < 1.29 is 63.7 Å². The van der Waals surface area contributed by atoms with Crippen molar-refractivity contribution in [2.45, 2.75) is 62.9 Å². The summed E-state index contributed by atoms with van der Waals surface area (Å²) >= 11 is 0. The van der Waals surface area contributed by atoms with Crippen LogP contribution in [0.4, 0.5) is 0 Å². The number of allylic oxidation sites excluding steroid dienone is 1. The second kappa shape index (κ2) is 15.2. The third-order valence-corrected chi connectivity index (χ3v) is 9.51. The molecule has 0 aliphatic carbocycles. The molecule has 16 nitrogen and oxygen atoms in total. The zero-order valence-electron chi connectivity index (χ0n) is 29.6. The number of carbonyl (C=O) groups excluding carboxylic acids is 2. The molecule has 4 aromatic rings. The average molecular weight is 756 g/mol. The third-order valence-electron chi connectivity index (χ3n) is 9.51. The molecule has 286 valence electrons. The lowest BCUT2D eigenvalue weighted by Gasteiger charge is -2.42. The van der Waals surface area contributed by atoms with Crippen molar-refractivity contribution in [3.05, 3.63) is 118 Å². The highest BCUT2D eigenvalue weighted by atomic mass is 16.8. The van der Waals surface area contributed by atoms with Crippen LogP contribution in [0.5, 0.6) is 11.5 Å². The number of esters is 1. The van der Waals surface area contributed by atoms with Crippen molar-refractivity contribution in [1.29, 1.82) is 0 Å². The van der Waals surface area contributed by atoms with Crippen molar-refractivity contribution in [1.82, 2.24) is 5.32 Å². The van der Waals surface area contributed by atoms with Crippen LogP contribution < -0.4 is 25.7 Å². The molecule has 2 unspecified atom stereocenters. The first-order valence-corrected chi connectivity index (χ1v) is 17.2. The van der Waals surface area contributed by atoms with Crippen molar-refractivity contribution in [3.63, 3.8) is 0 Å². The van der Waals surface area contributed by atoms with E-state index in [1.54, 1.807) is 30.6 Å². The van der Waals surface area contributed by atoms with Gasteiger partial charge in [-0.05, 0) is 68.9 Å². The van der Waals surface area contributed by atoms with Crippen LogP contribution in [0.2, 0.25) is 0 Å². The smallest absolute Gasteiger partial charge is 0.331 e. The predicted molar refractivity (Wildman–Crippen MR) is 190 cm³/mol. The molecule has 1 saturated heterocycles. The molecule has 0 radical (unpaired) electrons. The van der Waals surface area contributed by atoms with Crippen molar-refractivity contribution in [2.24, 2.45) is 4.99 Å². The number of hydrogen-bond donors (Lipinski definition) is 6. The number of quaternary nitrogens is 1. The Bertz CT molecular complexity index is 2260. The summed E-state index contributed by atoms with van der Waals surface area (Å²) in [4.78, 5) is 48.4. The second-order valence-corrected chi connectivity index (χ2v) is 13.4. The largest absolute Gasteiger partial charge is 0.548 e. The Hall–Kier alpha value is -5.72. The number of ether oxygens (including phenoxy) is 3. The van der Waals surface area contributed by atoms with Crippen LogP contribution in [0.15, 0.2) is 105 Å². The monoisotopic (exact) mass is 755 g/mol. The number of carboxylic acid groups (broad SMARTS) is 1. The van der Waals surface area contributed by atoms with E-state index >= 15 is 0 Å². The van der Waals surface area contributed by atoms with Crippen LogP contribution in [0.25, 0.3) is 22.1 Å². The molecule has 1 fully saturated rings. The number of aromatic hydroxyl groups is 1. The van der Waals surface area contributed by atoms with E-state index in [1.165, 1.54) is 36.6 Å². The second-order valence-electron chi connectivity index (χ2n) is 13.4. The number of hydroxylamine groups is 2. The minimum absolute atomic E-state index is 0.0328. The first kappa shape index (κ1) is 37.6. The molecule has 6 N–H and O–H groups in total. The highest BCUT2D eigenvalue weighted by Gasteiger charge is 2.54. The molecule has 3 aliphatic heterocycles. The topological polar surface area (TPSA) is 234 Å². The van der Waals surface area contributed by atoms with E-state index in [0.717, 1.165) is 29.3 Å². The average Bonchev–Trinajstić information content (AvgIpc) is 3.73. The molecule has 1 aromatic heterocycles. The first-order chi connectivity index (χ1) is 26.3. The van der Waals surface area contributed by atoms with Crippen LogP contribution in [-0.4, -0.2) is 88.2 Å². The Balaban J connectivity index is 1.22. The Kier molecular flexibility index (Phi) is 10.4. The summed E-state index contributed by atoms with van der Waals surface area (Å²) in [5.41, 5.74) is 4.84. The molecule has 55 heavy (non-hydrogen) atoms. The van der Waals surface area contributed by atoms with Gasteiger partial charge in [-0.25, -0.2) is 4.79 Å². The van der Waals surface area contributed by atoms with Crippen molar-refractivity contribution >= 4 is 28.6 Å². The van der Waals surface area contributed by atoms with Gasteiger partial charge in [-0.3, -0.25) is 9.79 Å². The highest BCUT2D eigenvalue weighted by molar-refractivity contribution is 6.08. The number of aliphatic carboxylic acids is 1. The van der Waals surface area contributed by atoms with Gasteiger partial charge in [0.15, 0.2) is 17.6 Å². The number of likely N-dealkylation sites (N-methyl/N-ethyl adjacent to an activating group) is 1. The van der Waals surface area contributed by atoms with Crippen LogP contribution >= 0.6 is 0 Å². The Morgan fingerprint density at radius 3 is 2.44 bits per heavy atom. The number of hydrogen-bond acceptors (Lipinski definition) is 15. The zero-order valence-corrected chi connectivity index (χ0v) is 29.6. The molecule has 16 heteroatoms.